The van der Waals surface area contributed by atoms with Crippen molar-refractivity contribution in [2.75, 3.05) is 0 Å². The van der Waals surface area contributed by atoms with Crippen molar-refractivity contribution in [2.24, 2.45) is 0 Å². The Morgan fingerprint density at radius 2 is 0.850 bits per heavy atom. The lowest BCUT2D eigenvalue weighted by Crippen LogP contribution is -2.08. The molecule has 0 saturated carbocycles. The van der Waals surface area contributed by atoms with Gasteiger partial charge >= 0.3 is 0 Å². The highest BCUT2D eigenvalue weighted by Crippen LogP contribution is 2.47. The number of phenols is 6. The molecule has 0 aliphatic rings. The lowest BCUT2D eigenvalue weighted by molar-refractivity contribution is 0.103. The number of carbonyl (C=O) groups excluding carboxylic acids is 1. The Kier molecular flexibility index (Phi) is 5.70. The van der Waals surface area contributed by atoms with Crippen LogP contribution in [0.15, 0.2) is 97.1 Å². The number of phenolic OH excluding ortho intramolecular Hbond substituents is 6. The highest BCUT2D eigenvalue weighted by atomic mass is 16.3. The van der Waals surface area contributed by atoms with Crippen LogP contribution in [0.5, 0.6) is 34.5 Å². The molecule has 0 bridgehead atoms. The van der Waals surface area contributed by atoms with Crippen molar-refractivity contribution in [1.29, 1.82) is 0 Å². The normalized spacial score (nSPS) is 11.2. The second kappa shape index (κ2) is 9.25. The quantitative estimate of drug-likeness (QED) is 0.138. The number of carbonyl (C=O) groups is 1. The van der Waals surface area contributed by atoms with Crippen molar-refractivity contribution in [2.45, 2.75) is 0 Å². The van der Waals surface area contributed by atoms with E-state index in [0.717, 1.165) is 12.1 Å². The third-order valence-electron chi connectivity index (χ3n) is 7.01. The van der Waals surface area contributed by atoms with Crippen LogP contribution in [0.4, 0.5) is 0 Å². The molecule has 6 aromatic rings. The fourth-order valence-electron chi connectivity index (χ4n) is 5.27. The Hall–Kier alpha value is -5.69. The zero-order valence-corrected chi connectivity index (χ0v) is 20.8. The molecule has 0 radical (unpaired) electrons. The summed E-state index contributed by atoms with van der Waals surface area (Å²) in [6.45, 7) is 0. The summed E-state index contributed by atoms with van der Waals surface area (Å²) >= 11 is 0. The maximum atomic E-state index is 14.5. The Morgan fingerprint density at radius 3 is 1.25 bits per heavy atom. The van der Waals surface area contributed by atoms with Crippen LogP contribution in [0.25, 0.3) is 43.8 Å². The smallest absolute Gasteiger partial charge is 0.201 e. The van der Waals surface area contributed by atoms with Gasteiger partial charge in [0.05, 0.1) is 11.1 Å². The lowest BCUT2D eigenvalue weighted by Gasteiger charge is -2.19. The molecule has 0 spiro atoms. The first-order chi connectivity index (χ1) is 19.2. The number of hydrogen-bond acceptors (Lipinski definition) is 7. The number of aromatic hydroxyl groups is 6. The molecule has 0 unspecified atom stereocenters. The molecular formula is C33H22O7. The summed E-state index contributed by atoms with van der Waals surface area (Å²) in [7, 11) is 0. The van der Waals surface area contributed by atoms with E-state index in [1.807, 2.05) is 0 Å². The molecule has 0 fully saturated rings. The first-order valence-electron chi connectivity index (χ1n) is 12.3. The van der Waals surface area contributed by atoms with Crippen molar-refractivity contribution < 1.29 is 35.4 Å². The van der Waals surface area contributed by atoms with Gasteiger partial charge in [-0.05, 0) is 57.9 Å². The average molecular weight is 531 g/mol. The molecular weight excluding hydrogens is 508 g/mol. The third kappa shape index (κ3) is 3.88. The van der Waals surface area contributed by atoms with Gasteiger partial charge < -0.3 is 30.6 Å². The molecule has 7 nitrogen and oxygen atoms in total. The van der Waals surface area contributed by atoms with Gasteiger partial charge in [-0.3, -0.25) is 4.79 Å². The van der Waals surface area contributed by atoms with E-state index in [9.17, 15) is 35.4 Å². The maximum Gasteiger partial charge on any atom is 0.201 e. The van der Waals surface area contributed by atoms with Crippen LogP contribution in [0, 0.1) is 0 Å². The van der Waals surface area contributed by atoms with Crippen LogP contribution < -0.4 is 0 Å². The first-order valence-corrected chi connectivity index (χ1v) is 12.3. The van der Waals surface area contributed by atoms with Crippen molar-refractivity contribution in [3.05, 3.63) is 108 Å². The second-order valence-corrected chi connectivity index (χ2v) is 9.47. The molecule has 0 amide bonds. The predicted octanol–water partition coefficient (Wildman–Crippen LogP) is 6.79. The average Bonchev–Trinajstić information content (AvgIpc) is 2.92. The van der Waals surface area contributed by atoms with E-state index in [1.165, 1.54) is 36.4 Å². The van der Waals surface area contributed by atoms with Crippen molar-refractivity contribution in [1.82, 2.24) is 0 Å². The Balaban J connectivity index is 1.74. The molecule has 6 N–H and O–H groups in total. The van der Waals surface area contributed by atoms with Crippen molar-refractivity contribution in [3.8, 4) is 56.8 Å². The molecule has 0 saturated heterocycles. The fourth-order valence-corrected chi connectivity index (χ4v) is 5.27. The molecule has 0 aliphatic heterocycles. The summed E-state index contributed by atoms with van der Waals surface area (Å²) in [5, 5.41) is 66.2. The van der Waals surface area contributed by atoms with E-state index in [0.29, 0.717) is 21.5 Å². The summed E-state index contributed by atoms with van der Waals surface area (Å²) in [5.41, 5.74) is 0.387. The highest BCUT2D eigenvalue weighted by molar-refractivity contribution is 6.25. The first kappa shape index (κ1) is 24.6. The fraction of sp³-hybridized carbons (Fsp3) is 0. The Bertz CT molecular complexity index is 1850. The molecule has 6 aromatic carbocycles. The molecule has 7 heteroatoms. The summed E-state index contributed by atoms with van der Waals surface area (Å²) in [5.74, 6) is -2.55. The number of benzene rings is 6. The molecule has 40 heavy (non-hydrogen) atoms. The predicted molar refractivity (Wildman–Crippen MR) is 152 cm³/mol. The van der Waals surface area contributed by atoms with Gasteiger partial charge in [-0.25, -0.2) is 0 Å². The summed E-state index contributed by atoms with van der Waals surface area (Å²) < 4.78 is 0. The zero-order chi connectivity index (χ0) is 28.1. The van der Waals surface area contributed by atoms with Crippen LogP contribution in [0.3, 0.4) is 0 Å². The summed E-state index contributed by atoms with van der Waals surface area (Å²) in [6.07, 6.45) is 0. The Labute approximate surface area is 227 Å². The van der Waals surface area contributed by atoms with Gasteiger partial charge in [0, 0.05) is 34.4 Å². The lowest BCUT2D eigenvalue weighted by atomic mass is 9.84. The SMILES string of the molecule is O=C(c1c(O)cc2ccccc2c1-c1ccc(O)cc1O)c1c(O)cc2ccccc2c1-c1ccc(O)cc1O. The maximum absolute atomic E-state index is 14.5. The molecule has 0 aromatic heterocycles. The highest BCUT2D eigenvalue weighted by Gasteiger charge is 2.29. The number of ketones is 1. The van der Waals surface area contributed by atoms with E-state index in [4.69, 9.17) is 0 Å². The van der Waals surface area contributed by atoms with E-state index in [2.05, 4.69) is 0 Å². The van der Waals surface area contributed by atoms with Gasteiger partial charge in [0.1, 0.15) is 34.5 Å². The molecule has 0 atom stereocenters. The summed E-state index contributed by atoms with van der Waals surface area (Å²) in [4.78, 5) is 14.5. The van der Waals surface area contributed by atoms with Gasteiger partial charge in [-0.2, -0.15) is 0 Å². The largest absolute Gasteiger partial charge is 0.508 e. The van der Waals surface area contributed by atoms with E-state index in [-0.39, 0.29) is 67.9 Å². The standard InChI is InChI=1S/C33H22O7/c34-19-9-11-23(25(36)15-19)29-21-7-3-1-5-17(21)13-27(38)31(29)33(40)32-28(39)14-18-6-2-4-8-22(18)30(32)24-12-10-20(35)16-26(24)37/h1-16,34-39H. The van der Waals surface area contributed by atoms with E-state index >= 15 is 0 Å². The van der Waals surface area contributed by atoms with Gasteiger partial charge in [-0.1, -0.05) is 48.5 Å². The van der Waals surface area contributed by atoms with Crippen molar-refractivity contribution >= 4 is 27.3 Å². The zero-order valence-electron chi connectivity index (χ0n) is 20.8. The van der Waals surface area contributed by atoms with E-state index in [1.54, 1.807) is 48.5 Å². The molecule has 0 heterocycles. The van der Waals surface area contributed by atoms with Gasteiger partial charge in [0.15, 0.2) is 0 Å². The van der Waals surface area contributed by atoms with Gasteiger partial charge in [-0.15, -0.1) is 0 Å². The second-order valence-electron chi connectivity index (χ2n) is 9.47. The van der Waals surface area contributed by atoms with Crippen LogP contribution in [0.1, 0.15) is 15.9 Å². The topological polar surface area (TPSA) is 138 Å². The molecule has 6 rings (SSSR count). The van der Waals surface area contributed by atoms with Crippen LogP contribution in [-0.2, 0) is 0 Å². The van der Waals surface area contributed by atoms with Gasteiger partial charge in [0.2, 0.25) is 5.78 Å². The monoisotopic (exact) mass is 530 g/mol. The third-order valence-corrected chi connectivity index (χ3v) is 7.01. The van der Waals surface area contributed by atoms with E-state index < -0.39 is 5.78 Å². The van der Waals surface area contributed by atoms with Crippen LogP contribution in [0.2, 0.25) is 0 Å². The van der Waals surface area contributed by atoms with Gasteiger partial charge in [0.25, 0.3) is 0 Å². The Morgan fingerprint density at radius 1 is 0.450 bits per heavy atom. The molecule has 0 aliphatic carbocycles. The van der Waals surface area contributed by atoms with Crippen LogP contribution in [-0.4, -0.2) is 36.4 Å². The number of hydrogen-bond donors (Lipinski definition) is 6. The number of rotatable bonds is 4. The van der Waals surface area contributed by atoms with Crippen LogP contribution >= 0.6 is 0 Å². The van der Waals surface area contributed by atoms with Crippen molar-refractivity contribution in [3.63, 3.8) is 0 Å². The molecule has 196 valence electrons. The minimum absolute atomic E-state index is 0.183. The number of fused-ring (bicyclic) bond motifs is 2. The minimum Gasteiger partial charge on any atom is -0.508 e. The summed E-state index contributed by atoms with van der Waals surface area (Å²) in [6, 6.07) is 24.7. The minimum atomic E-state index is -0.767.